The molecule has 2 bridgehead atoms. The molecule has 0 radical (unpaired) electrons. The van der Waals surface area contributed by atoms with Crippen LogP contribution >= 0.6 is 11.6 Å². The van der Waals surface area contributed by atoms with E-state index < -0.39 is 10.8 Å². The highest BCUT2D eigenvalue weighted by molar-refractivity contribution is 6.31. The van der Waals surface area contributed by atoms with Gasteiger partial charge in [-0.25, -0.2) is 0 Å². The maximum atomic E-state index is 12.3. The van der Waals surface area contributed by atoms with Gasteiger partial charge in [-0.2, -0.15) is 0 Å². The van der Waals surface area contributed by atoms with E-state index in [-0.39, 0.29) is 17.3 Å². The van der Waals surface area contributed by atoms with Gasteiger partial charge in [0.25, 0.3) is 11.6 Å². The average molecular weight is 325 g/mol. The van der Waals surface area contributed by atoms with Crippen molar-refractivity contribution >= 4 is 23.2 Å². The second-order valence-electron chi connectivity index (χ2n) is 5.62. The van der Waals surface area contributed by atoms with E-state index >= 15 is 0 Å². The second-order valence-corrected chi connectivity index (χ2v) is 6.06. The van der Waals surface area contributed by atoms with Crippen LogP contribution in [0.3, 0.4) is 0 Å². The van der Waals surface area contributed by atoms with Crippen LogP contribution in [0.1, 0.15) is 10.4 Å². The van der Waals surface area contributed by atoms with Crippen molar-refractivity contribution in [3.8, 4) is 0 Å². The molecule has 1 N–H and O–H groups in total. The quantitative estimate of drug-likeness (QED) is 0.659. The fourth-order valence-corrected chi connectivity index (χ4v) is 3.25. The first-order valence-electron chi connectivity index (χ1n) is 7.23. The maximum Gasteiger partial charge on any atom is 0.282 e. The Morgan fingerprint density at radius 1 is 1.36 bits per heavy atom. The van der Waals surface area contributed by atoms with Crippen LogP contribution in [0.4, 0.5) is 5.69 Å². The number of benzene rings is 1. The maximum absolute atomic E-state index is 12.3. The predicted octanol–water partition coefficient (Wildman–Crippen LogP) is 0.978. The Kier molecular flexibility index (Phi) is 4.28. The summed E-state index contributed by atoms with van der Waals surface area (Å²) in [6, 6.07) is 4.28. The van der Waals surface area contributed by atoms with E-state index in [1.807, 2.05) is 0 Å². The minimum atomic E-state index is -0.566. The molecule has 0 spiro atoms. The lowest BCUT2D eigenvalue weighted by Crippen LogP contribution is -2.63. The number of hydrogen-bond donors (Lipinski definition) is 1. The van der Waals surface area contributed by atoms with Crippen LogP contribution < -0.4 is 5.32 Å². The third-order valence-corrected chi connectivity index (χ3v) is 4.53. The molecule has 3 aliphatic rings. The standard InChI is InChI=1S/C14H17ClN4O3/c15-10-1-2-13(19(21)22)12(7-10)14(20)16-8-11-9-17-3-5-18(11)6-4-17/h1-2,7,11H,3-6,8-9H2,(H,16,20). The molecule has 118 valence electrons. The van der Waals surface area contributed by atoms with E-state index in [1.165, 1.54) is 18.2 Å². The summed E-state index contributed by atoms with van der Waals surface area (Å²) in [5, 5.41) is 14.1. The van der Waals surface area contributed by atoms with Gasteiger partial charge in [-0.15, -0.1) is 0 Å². The summed E-state index contributed by atoms with van der Waals surface area (Å²) in [6.07, 6.45) is 0. The molecule has 8 heteroatoms. The third-order valence-electron chi connectivity index (χ3n) is 4.29. The van der Waals surface area contributed by atoms with Crippen molar-refractivity contribution in [3.05, 3.63) is 38.9 Å². The highest BCUT2D eigenvalue weighted by Gasteiger charge is 2.32. The van der Waals surface area contributed by atoms with Gasteiger partial charge in [0.05, 0.1) is 4.92 Å². The van der Waals surface area contributed by atoms with Crippen molar-refractivity contribution in [2.45, 2.75) is 6.04 Å². The third kappa shape index (κ3) is 3.06. The first-order chi connectivity index (χ1) is 10.5. The van der Waals surface area contributed by atoms with Gasteiger partial charge < -0.3 is 5.32 Å². The molecule has 4 rings (SSSR count). The first kappa shape index (κ1) is 15.2. The number of rotatable bonds is 4. The van der Waals surface area contributed by atoms with Gasteiger partial charge in [-0.3, -0.25) is 24.7 Å². The van der Waals surface area contributed by atoms with Crippen molar-refractivity contribution in [2.75, 3.05) is 39.3 Å². The molecule has 1 aromatic rings. The number of amides is 1. The van der Waals surface area contributed by atoms with Gasteiger partial charge in [0.1, 0.15) is 5.56 Å². The lowest BCUT2D eigenvalue weighted by atomic mass is 10.1. The van der Waals surface area contributed by atoms with E-state index in [1.54, 1.807) is 0 Å². The van der Waals surface area contributed by atoms with Crippen LogP contribution in [0, 0.1) is 10.1 Å². The SMILES string of the molecule is O=C(NCC1CN2CCN1CC2)c1cc(Cl)ccc1[N+](=O)[O-]. The molecule has 1 unspecified atom stereocenters. The van der Waals surface area contributed by atoms with Gasteiger partial charge in [0, 0.05) is 56.4 Å². The topological polar surface area (TPSA) is 78.7 Å². The number of halogens is 1. The molecule has 3 aliphatic heterocycles. The zero-order chi connectivity index (χ0) is 15.7. The Morgan fingerprint density at radius 2 is 2.09 bits per heavy atom. The molecule has 22 heavy (non-hydrogen) atoms. The molecular formula is C14H17ClN4O3. The summed E-state index contributed by atoms with van der Waals surface area (Å²) in [5.74, 6) is -0.452. The van der Waals surface area contributed by atoms with Gasteiger partial charge in [-0.05, 0) is 12.1 Å². The first-order valence-corrected chi connectivity index (χ1v) is 7.61. The molecule has 3 heterocycles. The fraction of sp³-hybridized carbons (Fsp3) is 0.500. The normalized spacial score (nSPS) is 26.7. The van der Waals surface area contributed by atoms with E-state index in [4.69, 9.17) is 11.6 Å². The Hall–Kier alpha value is -1.70. The molecule has 1 atom stereocenters. The van der Waals surface area contributed by atoms with Crippen LogP contribution in [-0.4, -0.2) is 65.9 Å². The van der Waals surface area contributed by atoms with Gasteiger partial charge in [0.15, 0.2) is 0 Å². The molecule has 1 amide bonds. The highest BCUT2D eigenvalue weighted by Crippen LogP contribution is 2.23. The smallest absolute Gasteiger partial charge is 0.282 e. The zero-order valence-corrected chi connectivity index (χ0v) is 12.8. The molecule has 7 nitrogen and oxygen atoms in total. The number of nitrogens with one attached hydrogen (secondary N) is 1. The number of nitro groups is 1. The minimum Gasteiger partial charge on any atom is -0.350 e. The summed E-state index contributed by atoms with van der Waals surface area (Å²) in [7, 11) is 0. The Morgan fingerprint density at radius 3 is 2.68 bits per heavy atom. The van der Waals surface area contributed by atoms with Gasteiger partial charge >= 0.3 is 0 Å². The van der Waals surface area contributed by atoms with E-state index in [0.717, 1.165) is 32.7 Å². The monoisotopic (exact) mass is 324 g/mol. The van der Waals surface area contributed by atoms with Gasteiger partial charge in [-0.1, -0.05) is 11.6 Å². The van der Waals surface area contributed by atoms with Crippen molar-refractivity contribution in [2.24, 2.45) is 0 Å². The zero-order valence-electron chi connectivity index (χ0n) is 12.0. The average Bonchev–Trinajstić information content (AvgIpc) is 2.53. The lowest BCUT2D eigenvalue weighted by molar-refractivity contribution is -0.385. The number of carbonyl (C=O) groups is 1. The summed E-state index contributed by atoms with van der Waals surface area (Å²) in [4.78, 5) is 27.4. The number of carbonyl (C=O) groups excluding carboxylic acids is 1. The second kappa shape index (κ2) is 6.20. The summed E-state index contributed by atoms with van der Waals surface area (Å²) >= 11 is 5.85. The molecule has 3 saturated heterocycles. The number of piperazine rings is 3. The van der Waals surface area contributed by atoms with Crippen LogP contribution in [0.5, 0.6) is 0 Å². The van der Waals surface area contributed by atoms with Crippen LogP contribution in [0.15, 0.2) is 18.2 Å². The summed E-state index contributed by atoms with van der Waals surface area (Å²) < 4.78 is 0. The molecule has 0 aliphatic carbocycles. The predicted molar refractivity (Wildman–Crippen MR) is 82.2 cm³/mol. The molecule has 3 fully saturated rings. The Bertz CT molecular complexity index is 602. The number of nitrogens with zero attached hydrogens (tertiary/aromatic N) is 3. The summed E-state index contributed by atoms with van der Waals surface area (Å²) in [6.45, 7) is 5.58. The van der Waals surface area contributed by atoms with E-state index in [9.17, 15) is 14.9 Å². The van der Waals surface area contributed by atoms with Crippen molar-refractivity contribution < 1.29 is 9.72 Å². The van der Waals surface area contributed by atoms with E-state index in [2.05, 4.69) is 15.1 Å². The van der Waals surface area contributed by atoms with Crippen LogP contribution in [0.25, 0.3) is 0 Å². The van der Waals surface area contributed by atoms with Crippen molar-refractivity contribution in [3.63, 3.8) is 0 Å². The fourth-order valence-electron chi connectivity index (χ4n) is 3.07. The molecule has 1 aromatic carbocycles. The van der Waals surface area contributed by atoms with Crippen LogP contribution in [0.2, 0.25) is 5.02 Å². The highest BCUT2D eigenvalue weighted by atomic mass is 35.5. The van der Waals surface area contributed by atoms with Crippen molar-refractivity contribution in [1.29, 1.82) is 0 Å². The number of hydrogen-bond acceptors (Lipinski definition) is 5. The largest absolute Gasteiger partial charge is 0.350 e. The minimum absolute atomic E-state index is 0.00813. The Labute approximate surface area is 133 Å². The molecule has 0 aromatic heterocycles. The van der Waals surface area contributed by atoms with Gasteiger partial charge in [0.2, 0.25) is 0 Å². The number of fused-ring (bicyclic) bond motifs is 3. The van der Waals surface area contributed by atoms with Crippen molar-refractivity contribution in [1.82, 2.24) is 15.1 Å². The number of nitro benzene ring substituents is 1. The summed E-state index contributed by atoms with van der Waals surface area (Å²) in [5.41, 5.74) is -0.218. The van der Waals surface area contributed by atoms with E-state index in [0.29, 0.717) is 11.6 Å². The van der Waals surface area contributed by atoms with Crippen LogP contribution in [-0.2, 0) is 0 Å². The molecular weight excluding hydrogens is 308 g/mol. The molecule has 0 saturated carbocycles. The lowest BCUT2D eigenvalue weighted by Gasteiger charge is -2.47. The Balaban J connectivity index is 1.67.